The van der Waals surface area contributed by atoms with E-state index in [1.807, 2.05) is 31.2 Å². The molecule has 2 aromatic rings. The molecule has 0 saturated carbocycles. The Labute approximate surface area is 131 Å². The Morgan fingerprint density at radius 2 is 1.64 bits per heavy atom. The lowest BCUT2D eigenvalue weighted by molar-refractivity contribution is 0.584. The molecule has 2 rings (SSSR count). The predicted octanol–water partition coefficient (Wildman–Crippen LogP) is 3.26. The lowest BCUT2D eigenvalue weighted by Crippen LogP contribution is -2.19. The van der Waals surface area contributed by atoms with Crippen molar-refractivity contribution >= 4 is 15.7 Å². The number of aryl methyl sites for hydroxylation is 2. The molecule has 116 valence electrons. The van der Waals surface area contributed by atoms with Gasteiger partial charge in [-0.2, -0.15) is 18.4 Å². The lowest BCUT2D eigenvalue weighted by Gasteiger charge is -2.06. The Bertz CT molecular complexity index is 761. The van der Waals surface area contributed by atoms with Crippen molar-refractivity contribution in [2.75, 3.05) is 0 Å². The molecule has 0 aliphatic rings. The average Bonchev–Trinajstić information content (AvgIpc) is 2.53. The van der Waals surface area contributed by atoms with E-state index in [0.717, 1.165) is 17.5 Å². The van der Waals surface area contributed by atoms with E-state index in [1.165, 1.54) is 5.56 Å². The van der Waals surface area contributed by atoms with Crippen LogP contribution >= 0.6 is 0 Å². The molecule has 0 fully saturated rings. The Morgan fingerprint density at radius 1 is 1.05 bits per heavy atom. The number of nitrogens with one attached hydrogen (secondary N) is 1. The van der Waals surface area contributed by atoms with Gasteiger partial charge in [0.05, 0.1) is 10.6 Å². The van der Waals surface area contributed by atoms with Crippen LogP contribution in [0.5, 0.6) is 0 Å². The minimum atomic E-state index is -3.63. The fourth-order valence-corrected chi connectivity index (χ4v) is 2.80. The predicted molar refractivity (Wildman–Crippen MR) is 89.5 cm³/mol. The molecule has 0 aromatic heterocycles. The van der Waals surface area contributed by atoms with Crippen LogP contribution in [0.4, 0.5) is 0 Å². The van der Waals surface area contributed by atoms with Crippen LogP contribution < -0.4 is 4.83 Å². The summed E-state index contributed by atoms with van der Waals surface area (Å²) in [6.07, 6.45) is 0.969. The topological polar surface area (TPSA) is 58.5 Å². The second-order valence-corrected chi connectivity index (χ2v) is 6.82. The van der Waals surface area contributed by atoms with Crippen molar-refractivity contribution in [3.05, 3.63) is 65.2 Å². The maximum absolute atomic E-state index is 12.2. The monoisotopic (exact) mass is 316 g/mol. The summed E-state index contributed by atoms with van der Waals surface area (Å²) in [4.78, 5) is 2.49. The van der Waals surface area contributed by atoms with Crippen LogP contribution in [-0.4, -0.2) is 14.1 Å². The summed E-state index contributed by atoms with van der Waals surface area (Å²) < 4.78 is 24.3. The molecule has 0 aliphatic heterocycles. The van der Waals surface area contributed by atoms with Gasteiger partial charge in [0.15, 0.2) is 0 Å². The molecule has 1 N–H and O–H groups in total. The van der Waals surface area contributed by atoms with Crippen molar-refractivity contribution in [1.82, 2.24) is 4.83 Å². The molecular weight excluding hydrogens is 296 g/mol. The summed E-state index contributed by atoms with van der Waals surface area (Å²) >= 11 is 0. The zero-order valence-electron chi connectivity index (χ0n) is 13.0. The highest BCUT2D eigenvalue weighted by Crippen LogP contribution is 2.10. The van der Waals surface area contributed by atoms with E-state index < -0.39 is 10.0 Å². The number of hydrogen-bond donors (Lipinski definition) is 1. The number of hydrazone groups is 1. The van der Waals surface area contributed by atoms with Gasteiger partial charge in [-0.15, -0.1) is 0 Å². The van der Waals surface area contributed by atoms with Crippen LogP contribution in [0.3, 0.4) is 0 Å². The zero-order chi connectivity index (χ0) is 16.2. The fourth-order valence-electron chi connectivity index (χ4n) is 1.94. The normalized spacial score (nSPS) is 12.2. The summed E-state index contributed by atoms with van der Waals surface area (Å²) in [6, 6.07) is 14.6. The highest BCUT2D eigenvalue weighted by molar-refractivity contribution is 7.89. The highest BCUT2D eigenvalue weighted by atomic mass is 32.2. The molecule has 0 bridgehead atoms. The summed E-state index contributed by atoms with van der Waals surface area (Å²) in [5.74, 6) is 0. The van der Waals surface area contributed by atoms with Crippen LogP contribution in [0.2, 0.25) is 0 Å². The van der Waals surface area contributed by atoms with E-state index in [2.05, 4.69) is 16.9 Å². The van der Waals surface area contributed by atoms with Gasteiger partial charge < -0.3 is 0 Å². The molecule has 0 unspecified atom stereocenters. The summed E-state index contributed by atoms with van der Waals surface area (Å²) in [7, 11) is -3.63. The summed E-state index contributed by atoms with van der Waals surface area (Å²) in [5, 5.41) is 4.00. The standard InChI is InChI=1S/C17H20N2O2S/c1-4-15-7-9-16(10-8-15)14(3)18-19-22(20,21)17-11-5-13(2)6-12-17/h5-12,19H,4H2,1-3H3. The minimum Gasteiger partial charge on any atom is -0.200 e. The van der Waals surface area contributed by atoms with Crippen LogP contribution in [0.1, 0.15) is 30.5 Å². The Balaban J connectivity index is 2.16. The average molecular weight is 316 g/mol. The molecule has 0 atom stereocenters. The molecule has 2 aromatic carbocycles. The third-order valence-electron chi connectivity index (χ3n) is 3.44. The summed E-state index contributed by atoms with van der Waals surface area (Å²) in [6.45, 7) is 5.77. The first-order chi connectivity index (χ1) is 10.4. The third-order valence-corrected chi connectivity index (χ3v) is 4.67. The Morgan fingerprint density at radius 3 is 2.18 bits per heavy atom. The van der Waals surface area contributed by atoms with Crippen molar-refractivity contribution < 1.29 is 8.42 Å². The maximum atomic E-state index is 12.2. The van der Waals surface area contributed by atoms with E-state index in [0.29, 0.717) is 5.71 Å². The van der Waals surface area contributed by atoms with Crippen LogP contribution in [0.25, 0.3) is 0 Å². The van der Waals surface area contributed by atoms with E-state index >= 15 is 0 Å². The van der Waals surface area contributed by atoms with E-state index in [-0.39, 0.29) is 4.90 Å². The second kappa shape index (κ2) is 6.75. The largest absolute Gasteiger partial charge is 0.276 e. The fraction of sp³-hybridized carbons (Fsp3) is 0.235. The van der Waals surface area contributed by atoms with Gasteiger partial charge in [-0.05, 0) is 43.5 Å². The van der Waals surface area contributed by atoms with Crippen LogP contribution in [0, 0.1) is 6.92 Å². The van der Waals surface area contributed by atoms with Crippen molar-refractivity contribution in [2.24, 2.45) is 5.10 Å². The van der Waals surface area contributed by atoms with E-state index in [4.69, 9.17) is 0 Å². The Kier molecular flexibility index (Phi) is 4.98. The van der Waals surface area contributed by atoms with Crippen molar-refractivity contribution in [3.63, 3.8) is 0 Å². The zero-order valence-corrected chi connectivity index (χ0v) is 13.8. The van der Waals surface area contributed by atoms with Gasteiger partial charge in [0, 0.05) is 0 Å². The van der Waals surface area contributed by atoms with Crippen molar-refractivity contribution in [2.45, 2.75) is 32.1 Å². The highest BCUT2D eigenvalue weighted by Gasteiger charge is 2.12. The number of hydrogen-bond acceptors (Lipinski definition) is 3. The number of nitrogens with zero attached hydrogens (tertiary/aromatic N) is 1. The van der Waals surface area contributed by atoms with E-state index in [1.54, 1.807) is 31.2 Å². The molecule has 0 aliphatic carbocycles. The quantitative estimate of drug-likeness (QED) is 0.680. The molecule has 0 spiro atoms. The molecule has 5 heteroatoms. The first-order valence-corrected chi connectivity index (χ1v) is 8.63. The van der Waals surface area contributed by atoms with Gasteiger partial charge in [-0.25, -0.2) is 0 Å². The second-order valence-electron chi connectivity index (χ2n) is 5.16. The van der Waals surface area contributed by atoms with E-state index in [9.17, 15) is 8.42 Å². The molecule has 4 nitrogen and oxygen atoms in total. The molecule has 0 heterocycles. The van der Waals surface area contributed by atoms with Gasteiger partial charge in [0.1, 0.15) is 0 Å². The van der Waals surface area contributed by atoms with Crippen molar-refractivity contribution in [3.8, 4) is 0 Å². The van der Waals surface area contributed by atoms with Crippen molar-refractivity contribution in [1.29, 1.82) is 0 Å². The molecule has 0 radical (unpaired) electrons. The number of benzene rings is 2. The van der Waals surface area contributed by atoms with Crippen LogP contribution in [-0.2, 0) is 16.4 Å². The minimum absolute atomic E-state index is 0.205. The number of rotatable bonds is 5. The maximum Gasteiger partial charge on any atom is 0.276 e. The molecular formula is C17H20N2O2S. The Hall–Kier alpha value is -2.14. The SMILES string of the molecule is CCc1ccc(C(C)=NNS(=O)(=O)c2ccc(C)cc2)cc1. The van der Waals surface area contributed by atoms with Gasteiger partial charge in [0.2, 0.25) is 0 Å². The lowest BCUT2D eigenvalue weighted by atomic mass is 10.1. The molecule has 0 saturated heterocycles. The van der Waals surface area contributed by atoms with Gasteiger partial charge in [-0.1, -0.05) is 48.9 Å². The van der Waals surface area contributed by atoms with Gasteiger partial charge in [0.25, 0.3) is 10.0 Å². The van der Waals surface area contributed by atoms with Gasteiger partial charge in [-0.3, -0.25) is 0 Å². The smallest absolute Gasteiger partial charge is 0.200 e. The molecule has 22 heavy (non-hydrogen) atoms. The first kappa shape index (κ1) is 16.2. The van der Waals surface area contributed by atoms with Crippen LogP contribution in [0.15, 0.2) is 58.5 Å². The number of sulfonamides is 1. The third kappa shape index (κ3) is 3.95. The summed E-state index contributed by atoms with van der Waals surface area (Å²) in [5.41, 5.74) is 3.76. The molecule has 0 amide bonds. The van der Waals surface area contributed by atoms with Gasteiger partial charge >= 0.3 is 0 Å². The first-order valence-electron chi connectivity index (χ1n) is 7.14.